The van der Waals surface area contributed by atoms with E-state index >= 15 is 0 Å². The normalized spacial score (nSPS) is 15.0. The summed E-state index contributed by atoms with van der Waals surface area (Å²) < 4.78 is 25.4. The van der Waals surface area contributed by atoms with Crippen molar-refractivity contribution in [2.24, 2.45) is 0 Å². The fourth-order valence-electron chi connectivity index (χ4n) is 2.37. The van der Waals surface area contributed by atoms with E-state index in [1.54, 1.807) is 6.07 Å². The molecule has 3 rings (SSSR count). The zero-order valence-electron chi connectivity index (χ0n) is 13.1. The molecule has 0 spiro atoms. The van der Waals surface area contributed by atoms with Crippen LogP contribution in [0.3, 0.4) is 0 Å². The van der Waals surface area contributed by atoms with Gasteiger partial charge < -0.3 is 14.8 Å². The molecule has 132 valence electrons. The zero-order chi connectivity index (χ0) is 17.8. The van der Waals surface area contributed by atoms with Crippen molar-refractivity contribution in [1.29, 1.82) is 0 Å². The summed E-state index contributed by atoms with van der Waals surface area (Å²) in [6, 6.07) is 5.82. The molecule has 1 saturated heterocycles. The van der Waals surface area contributed by atoms with Crippen LogP contribution in [0.15, 0.2) is 34.9 Å². The summed E-state index contributed by atoms with van der Waals surface area (Å²) in [5.74, 6) is -0.769. The van der Waals surface area contributed by atoms with Gasteiger partial charge in [-0.2, -0.15) is 0 Å². The smallest absolute Gasteiger partial charge is 0.257 e. The van der Waals surface area contributed by atoms with E-state index in [-0.39, 0.29) is 28.3 Å². The van der Waals surface area contributed by atoms with Crippen molar-refractivity contribution in [3.63, 3.8) is 0 Å². The number of nitrogens with zero attached hydrogens (tertiary/aromatic N) is 1. The Morgan fingerprint density at radius 1 is 1.36 bits per heavy atom. The van der Waals surface area contributed by atoms with Gasteiger partial charge in [0.1, 0.15) is 16.9 Å². The van der Waals surface area contributed by atoms with Crippen molar-refractivity contribution < 1.29 is 18.7 Å². The Bertz CT molecular complexity index is 784. The van der Waals surface area contributed by atoms with E-state index < -0.39 is 11.7 Å². The first-order chi connectivity index (χ1) is 12.0. The average molecular weight is 430 g/mol. The molecule has 1 aromatic carbocycles. The number of halogens is 3. The number of ether oxygens (including phenoxy) is 2. The summed E-state index contributed by atoms with van der Waals surface area (Å²) in [6.45, 7) is 1.28. The standard InChI is InChI=1S/C17H15BrClFN2O3/c18-11-1-2-15(14(20)8-11)22-16(23)10-7-13(19)17(21-9-10)25-12-3-5-24-6-4-12/h1-2,7-9,12H,3-6H2,(H,22,23). The largest absolute Gasteiger partial charge is 0.473 e. The number of carbonyl (C=O) groups is 1. The second-order valence-corrected chi connectivity index (χ2v) is 6.84. The number of carbonyl (C=O) groups excluding carboxylic acids is 1. The van der Waals surface area contributed by atoms with E-state index in [9.17, 15) is 9.18 Å². The number of pyridine rings is 1. The molecule has 1 aromatic heterocycles. The Morgan fingerprint density at radius 2 is 2.12 bits per heavy atom. The minimum absolute atomic E-state index is 0.00436. The summed E-state index contributed by atoms with van der Waals surface area (Å²) >= 11 is 9.33. The summed E-state index contributed by atoms with van der Waals surface area (Å²) in [7, 11) is 0. The van der Waals surface area contributed by atoms with Crippen LogP contribution < -0.4 is 10.1 Å². The number of anilines is 1. The van der Waals surface area contributed by atoms with Crippen LogP contribution in [0.4, 0.5) is 10.1 Å². The van der Waals surface area contributed by atoms with Gasteiger partial charge in [-0.25, -0.2) is 9.37 Å². The SMILES string of the molecule is O=C(Nc1ccc(Br)cc1F)c1cnc(OC2CCOCC2)c(Cl)c1. The van der Waals surface area contributed by atoms with E-state index in [2.05, 4.69) is 26.2 Å². The summed E-state index contributed by atoms with van der Waals surface area (Å²) in [5.41, 5.74) is 0.290. The lowest BCUT2D eigenvalue weighted by Crippen LogP contribution is -2.26. The van der Waals surface area contributed by atoms with Gasteiger partial charge in [0.15, 0.2) is 0 Å². The summed E-state index contributed by atoms with van der Waals surface area (Å²) in [5, 5.41) is 2.72. The highest BCUT2D eigenvalue weighted by Gasteiger charge is 2.19. The Kier molecular flexibility index (Phi) is 5.88. The molecule has 2 aromatic rings. The van der Waals surface area contributed by atoms with Crippen molar-refractivity contribution in [2.45, 2.75) is 18.9 Å². The van der Waals surface area contributed by atoms with E-state index in [1.807, 2.05) is 0 Å². The van der Waals surface area contributed by atoms with Gasteiger partial charge in [-0.05, 0) is 24.3 Å². The first-order valence-corrected chi connectivity index (χ1v) is 8.86. The molecule has 0 unspecified atom stereocenters. The van der Waals surface area contributed by atoms with E-state index in [1.165, 1.54) is 24.4 Å². The topological polar surface area (TPSA) is 60.5 Å². The van der Waals surface area contributed by atoms with Crippen LogP contribution in [0.5, 0.6) is 5.88 Å². The number of hydrogen-bond acceptors (Lipinski definition) is 4. The Morgan fingerprint density at radius 3 is 2.80 bits per heavy atom. The van der Waals surface area contributed by atoms with Gasteiger partial charge in [0, 0.05) is 23.5 Å². The minimum atomic E-state index is -0.541. The van der Waals surface area contributed by atoms with Crippen LogP contribution in [0, 0.1) is 5.82 Å². The summed E-state index contributed by atoms with van der Waals surface area (Å²) in [4.78, 5) is 16.4. The maximum absolute atomic E-state index is 13.8. The number of aromatic nitrogens is 1. The van der Waals surface area contributed by atoms with E-state index in [4.69, 9.17) is 21.1 Å². The molecule has 1 aliphatic heterocycles. The second kappa shape index (κ2) is 8.12. The number of hydrogen-bond donors (Lipinski definition) is 1. The van der Waals surface area contributed by atoms with Crippen LogP contribution in [-0.2, 0) is 4.74 Å². The van der Waals surface area contributed by atoms with Gasteiger partial charge in [-0.1, -0.05) is 27.5 Å². The lowest BCUT2D eigenvalue weighted by atomic mass is 10.1. The van der Waals surface area contributed by atoms with Crippen LogP contribution in [0.2, 0.25) is 5.02 Å². The lowest BCUT2D eigenvalue weighted by Gasteiger charge is -2.23. The quantitative estimate of drug-likeness (QED) is 0.780. The van der Waals surface area contributed by atoms with Gasteiger partial charge in [-0.15, -0.1) is 0 Å². The monoisotopic (exact) mass is 428 g/mol. The Balaban J connectivity index is 1.69. The molecule has 0 bridgehead atoms. The average Bonchev–Trinajstić information content (AvgIpc) is 2.60. The molecule has 8 heteroatoms. The van der Waals surface area contributed by atoms with Crippen LogP contribution in [-0.4, -0.2) is 30.2 Å². The van der Waals surface area contributed by atoms with Crippen molar-refractivity contribution in [3.8, 4) is 5.88 Å². The maximum Gasteiger partial charge on any atom is 0.257 e. The first kappa shape index (κ1) is 18.1. The molecule has 1 N–H and O–H groups in total. The molecule has 25 heavy (non-hydrogen) atoms. The molecule has 0 aliphatic carbocycles. The van der Waals surface area contributed by atoms with Crippen LogP contribution in [0.1, 0.15) is 23.2 Å². The fraction of sp³-hybridized carbons (Fsp3) is 0.294. The highest BCUT2D eigenvalue weighted by atomic mass is 79.9. The second-order valence-electron chi connectivity index (χ2n) is 5.52. The Hall–Kier alpha value is -1.70. The number of amides is 1. The van der Waals surface area contributed by atoms with Gasteiger partial charge in [0.2, 0.25) is 5.88 Å². The van der Waals surface area contributed by atoms with Crippen molar-refractivity contribution in [3.05, 3.63) is 51.3 Å². The molecule has 1 amide bonds. The van der Waals surface area contributed by atoms with Gasteiger partial charge in [-0.3, -0.25) is 4.79 Å². The molecule has 0 radical (unpaired) electrons. The first-order valence-electron chi connectivity index (χ1n) is 7.69. The van der Waals surface area contributed by atoms with Gasteiger partial charge in [0.25, 0.3) is 5.91 Å². The van der Waals surface area contributed by atoms with Crippen molar-refractivity contribution in [1.82, 2.24) is 4.98 Å². The van der Waals surface area contributed by atoms with Crippen molar-refractivity contribution >= 4 is 39.1 Å². The number of benzene rings is 1. The minimum Gasteiger partial charge on any atom is -0.473 e. The zero-order valence-corrected chi connectivity index (χ0v) is 15.4. The molecule has 1 fully saturated rings. The molecule has 0 saturated carbocycles. The third kappa shape index (κ3) is 4.68. The highest BCUT2D eigenvalue weighted by molar-refractivity contribution is 9.10. The molecule has 0 atom stereocenters. The Labute approximate surface area is 157 Å². The lowest BCUT2D eigenvalue weighted by molar-refractivity contribution is 0.0238. The number of rotatable bonds is 4. The van der Waals surface area contributed by atoms with Gasteiger partial charge >= 0.3 is 0 Å². The molecule has 1 aliphatic rings. The third-order valence-electron chi connectivity index (χ3n) is 3.70. The predicted octanol–water partition coefficient (Wildman–Crippen LogP) is 4.45. The van der Waals surface area contributed by atoms with Gasteiger partial charge in [0.05, 0.1) is 24.5 Å². The fourth-order valence-corrected chi connectivity index (χ4v) is 2.92. The molecule has 5 nitrogen and oxygen atoms in total. The van der Waals surface area contributed by atoms with Crippen LogP contribution >= 0.6 is 27.5 Å². The third-order valence-corrected chi connectivity index (χ3v) is 4.46. The predicted molar refractivity (Wildman–Crippen MR) is 95.8 cm³/mol. The summed E-state index contributed by atoms with van der Waals surface area (Å²) in [6.07, 6.45) is 2.88. The van der Waals surface area contributed by atoms with E-state index in [0.717, 1.165) is 12.8 Å². The number of nitrogens with one attached hydrogen (secondary N) is 1. The molecular formula is C17H15BrClFN2O3. The highest BCUT2D eigenvalue weighted by Crippen LogP contribution is 2.26. The van der Waals surface area contributed by atoms with Crippen LogP contribution in [0.25, 0.3) is 0 Å². The van der Waals surface area contributed by atoms with Crippen molar-refractivity contribution in [2.75, 3.05) is 18.5 Å². The molecular weight excluding hydrogens is 415 g/mol. The maximum atomic E-state index is 13.8. The molecule has 2 heterocycles. The van der Waals surface area contributed by atoms with E-state index in [0.29, 0.717) is 17.7 Å².